The van der Waals surface area contributed by atoms with Crippen LogP contribution in [0.4, 0.5) is 0 Å². The first-order valence-corrected chi connectivity index (χ1v) is 9.00. The summed E-state index contributed by atoms with van der Waals surface area (Å²) in [6.45, 7) is 9.89. The van der Waals surface area contributed by atoms with Crippen LogP contribution in [0.15, 0.2) is 18.2 Å². The number of hydrogen-bond donors (Lipinski definition) is 1. The average molecular weight is 319 g/mol. The topological polar surface area (TPSA) is 32.7 Å². The van der Waals surface area contributed by atoms with Gasteiger partial charge in [-0.3, -0.25) is 0 Å². The summed E-state index contributed by atoms with van der Waals surface area (Å²) in [7, 11) is 1.71. The fourth-order valence-electron chi connectivity index (χ4n) is 3.35. The summed E-state index contributed by atoms with van der Waals surface area (Å²) >= 11 is 0. The van der Waals surface area contributed by atoms with Crippen molar-refractivity contribution >= 4 is 0 Å². The van der Waals surface area contributed by atoms with Crippen molar-refractivity contribution in [3.63, 3.8) is 0 Å². The number of aliphatic hydroxyl groups excluding tert-OH is 1. The molecule has 3 heteroatoms. The fourth-order valence-corrected chi connectivity index (χ4v) is 3.35. The van der Waals surface area contributed by atoms with Crippen molar-refractivity contribution in [1.82, 2.24) is 4.90 Å². The molecule has 1 heterocycles. The number of rotatable bonds is 5. The molecule has 23 heavy (non-hydrogen) atoms. The second-order valence-electron chi connectivity index (χ2n) is 7.77. The van der Waals surface area contributed by atoms with E-state index >= 15 is 0 Å². The number of aliphatic hydroxyl groups is 1. The van der Waals surface area contributed by atoms with E-state index in [0.717, 1.165) is 29.8 Å². The Labute approximate surface area is 141 Å². The van der Waals surface area contributed by atoms with Gasteiger partial charge in [0.1, 0.15) is 5.75 Å². The normalized spacial score (nSPS) is 18.5. The maximum Gasteiger partial charge on any atom is 0.122 e. The van der Waals surface area contributed by atoms with Crippen LogP contribution in [0.1, 0.15) is 70.1 Å². The molecule has 1 unspecified atom stereocenters. The van der Waals surface area contributed by atoms with Crippen LogP contribution in [0.2, 0.25) is 0 Å². The fraction of sp³-hybridized carbons (Fsp3) is 0.700. The van der Waals surface area contributed by atoms with E-state index in [0.29, 0.717) is 0 Å². The summed E-state index contributed by atoms with van der Waals surface area (Å²) in [5, 5.41) is 10.6. The molecule has 0 radical (unpaired) electrons. The lowest BCUT2D eigenvalue weighted by Crippen LogP contribution is -2.27. The third-order valence-corrected chi connectivity index (χ3v) is 4.83. The van der Waals surface area contributed by atoms with E-state index in [2.05, 4.69) is 31.7 Å². The van der Waals surface area contributed by atoms with Gasteiger partial charge < -0.3 is 14.7 Å². The SMILES string of the molecule is COc1ccc(C(O)CCN2CCCCCC2)cc1C(C)(C)C. The highest BCUT2D eigenvalue weighted by Crippen LogP contribution is 2.34. The standard InChI is InChI=1S/C20H33NO2/c1-20(2,3)17-15-16(9-10-19(17)23-4)18(22)11-14-21-12-7-5-6-8-13-21/h9-10,15,18,22H,5-8,11-14H2,1-4H3. The minimum absolute atomic E-state index is 0.00581. The molecule has 0 amide bonds. The highest BCUT2D eigenvalue weighted by molar-refractivity contribution is 5.42. The van der Waals surface area contributed by atoms with Gasteiger partial charge in [-0.25, -0.2) is 0 Å². The third kappa shape index (κ3) is 5.22. The molecule has 1 saturated heterocycles. The van der Waals surface area contributed by atoms with E-state index in [9.17, 15) is 5.11 Å². The van der Waals surface area contributed by atoms with Crippen molar-refractivity contribution in [2.75, 3.05) is 26.7 Å². The van der Waals surface area contributed by atoms with Crippen LogP contribution in [-0.4, -0.2) is 36.8 Å². The maximum absolute atomic E-state index is 10.6. The molecule has 1 aliphatic rings. The number of methoxy groups -OCH3 is 1. The lowest BCUT2D eigenvalue weighted by atomic mass is 9.84. The zero-order valence-electron chi connectivity index (χ0n) is 15.3. The summed E-state index contributed by atoms with van der Waals surface area (Å²) in [6, 6.07) is 6.11. The minimum atomic E-state index is -0.398. The zero-order valence-corrected chi connectivity index (χ0v) is 15.3. The quantitative estimate of drug-likeness (QED) is 0.878. The van der Waals surface area contributed by atoms with Crippen molar-refractivity contribution < 1.29 is 9.84 Å². The van der Waals surface area contributed by atoms with Crippen LogP contribution in [0.3, 0.4) is 0 Å². The molecule has 0 spiro atoms. The third-order valence-electron chi connectivity index (χ3n) is 4.83. The van der Waals surface area contributed by atoms with Gasteiger partial charge in [-0.05, 0) is 61.0 Å². The van der Waals surface area contributed by atoms with Crippen LogP contribution in [0.5, 0.6) is 5.75 Å². The molecule has 1 aliphatic heterocycles. The summed E-state index contributed by atoms with van der Waals surface area (Å²) in [6.07, 6.45) is 5.71. The van der Waals surface area contributed by atoms with Gasteiger partial charge in [0.05, 0.1) is 13.2 Å². The minimum Gasteiger partial charge on any atom is -0.496 e. The Morgan fingerprint density at radius 3 is 2.35 bits per heavy atom. The molecular weight excluding hydrogens is 286 g/mol. The van der Waals surface area contributed by atoms with Gasteiger partial charge in [0.2, 0.25) is 0 Å². The van der Waals surface area contributed by atoms with Crippen molar-refractivity contribution in [2.24, 2.45) is 0 Å². The Hall–Kier alpha value is -1.06. The number of nitrogens with zero attached hydrogens (tertiary/aromatic N) is 1. The molecule has 2 rings (SSSR count). The first-order valence-electron chi connectivity index (χ1n) is 9.00. The van der Waals surface area contributed by atoms with Crippen molar-refractivity contribution in [3.05, 3.63) is 29.3 Å². The predicted octanol–water partition coefficient (Wildman–Crippen LogP) is 4.29. The molecule has 1 aromatic carbocycles. The molecule has 0 saturated carbocycles. The zero-order chi connectivity index (χ0) is 16.9. The number of hydrogen-bond acceptors (Lipinski definition) is 3. The largest absolute Gasteiger partial charge is 0.496 e. The molecule has 1 fully saturated rings. The van der Waals surface area contributed by atoms with Crippen molar-refractivity contribution in [2.45, 2.75) is 64.4 Å². The molecule has 1 N–H and O–H groups in total. The highest BCUT2D eigenvalue weighted by atomic mass is 16.5. The Balaban J connectivity index is 2.02. The van der Waals surface area contributed by atoms with E-state index in [1.165, 1.54) is 38.8 Å². The first-order chi connectivity index (χ1) is 10.9. The van der Waals surface area contributed by atoms with Gasteiger partial charge in [0, 0.05) is 6.54 Å². The van der Waals surface area contributed by atoms with Crippen LogP contribution >= 0.6 is 0 Å². The van der Waals surface area contributed by atoms with Gasteiger partial charge >= 0.3 is 0 Å². The van der Waals surface area contributed by atoms with Gasteiger partial charge in [0.25, 0.3) is 0 Å². The molecule has 1 atom stereocenters. The van der Waals surface area contributed by atoms with Gasteiger partial charge in [-0.2, -0.15) is 0 Å². The Bertz CT molecular complexity index is 485. The van der Waals surface area contributed by atoms with Crippen LogP contribution in [-0.2, 0) is 5.41 Å². The summed E-state index contributed by atoms with van der Waals surface area (Å²) in [5.41, 5.74) is 2.17. The van der Waals surface area contributed by atoms with E-state index < -0.39 is 6.10 Å². The van der Waals surface area contributed by atoms with E-state index in [-0.39, 0.29) is 5.41 Å². The van der Waals surface area contributed by atoms with E-state index in [1.54, 1.807) is 7.11 Å². The van der Waals surface area contributed by atoms with Gasteiger partial charge in [0.15, 0.2) is 0 Å². The predicted molar refractivity (Wildman–Crippen MR) is 96.2 cm³/mol. The van der Waals surface area contributed by atoms with Gasteiger partial charge in [-0.15, -0.1) is 0 Å². The molecule has 0 aromatic heterocycles. The van der Waals surface area contributed by atoms with Crippen LogP contribution in [0.25, 0.3) is 0 Å². The maximum atomic E-state index is 10.6. The Kier molecular flexibility index (Phi) is 6.49. The number of benzene rings is 1. The van der Waals surface area contributed by atoms with E-state index in [1.807, 2.05) is 12.1 Å². The smallest absolute Gasteiger partial charge is 0.122 e. The summed E-state index contributed by atoms with van der Waals surface area (Å²) in [4.78, 5) is 2.50. The average Bonchev–Trinajstić information content (AvgIpc) is 2.79. The summed E-state index contributed by atoms with van der Waals surface area (Å²) < 4.78 is 5.49. The number of likely N-dealkylation sites (tertiary alicyclic amines) is 1. The Morgan fingerprint density at radius 1 is 1.13 bits per heavy atom. The first kappa shape index (κ1) is 18.3. The molecule has 3 nitrogen and oxygen atoms in total. The second kappa shape index (κ2) is 8.16. The van der Waals surface area contributed by atoms with Crippen LogP contribution < -0.4 is 4.74 Å². The second-order valence-corrected chi connectivity index (χ2v) is 7.77. The summed E-state index contributed by atoms with van der Waals surface area (Å²) in [5.74, 6) is 0.904. The van der Waals surface area contributed by atoms with Crippen molar-refractivity contribution in [1.29, 1.82) is 0 Å². The van der Waals surface area contributed by atoms with E-state index in [4.69, 9.17) is 4.74 Å². The lowest BCUT2D eigenvalue weighted by molar-refractivity contribution is 0.143. The van der Waals surface area contributed by atoms with Crippen LogP contribution in [0, 0.1) is 0 Å². The molecule has 1 aromatic rings. The van der Waals surface area contributed by atoms with Crippen molar-refractivity contribution in [3.8, 4) is 5.75 Å². The Morgan fingerprint density at radius 2 is 1.78 bits per heavy atom. The highest BCUT2D eigenvalue weighted by Gasteiger charge is 2.21. The molecule has 130 valence electrons. The lowest BCUT2D eigenvalue weighted by Gasteiger charge is -2.25. The monoisotopic (exact) mass is 319 g/mol. The van der Waals surface area contributed by atoms with Gasteiger partial charge in [-0.1, -0.05) is 39.7 Å². The molecule has 0 bridgehead atoms. The molecular formula is C20H33NO2. The number of ether oxygens (including phenoxy) is 1. The molecule has 0 aliphatic carbocycles.